The highest BCUT2D eigenvalue weighted by Crippen LogP contribution is 2.37. The predicted octanol–water partition coefficient (Wildman–Crippen LogP) is 17.3. The molecule has 10 heterocycles. The summed E-state index contributed by atoms with van der Waals surface area (Å²) in [5.74, 6) is 6.36. The first-order valence-electron chi connectivity index (χ1n) is 42.0. The van der Waals surface area contributed by atoms with Crippen LogP contribution in [0.25, 0.3) is 87.2 Å². The van der Waals surface area contributed by atoms with Gasteiger partial charge in [0, 0.05) is 153 Å². The minimum atomic E-state index is -1.00. The summed E-state index contributed by atoms with van der Waals surface area (Å²) in [6, 6.07) is 54.5. The summed E-state index contributed by atoms with van der Waals surface area (Å²) in [5, 5.41) is 60.6. The fourth-order valence-electron chi connectivity index (χ4n) is 15.0. The number of carboxylic acid groups (broad SMARTS) is 4. The van der Waals surface area contributed by atoms with Gasteiger partial charge >= 0.3 is 23.9 Å². The lowest BCUT2D eigenvalue weighted by Gasteiger charge is -2.26. The summed E-state index contributed by atoms with van der Waals surface area (Å²) in [6.07, 6.45) is 27.9. The Morgan fingerprint density at radius 1 is 0.378 bits per heavy atom. The van der Waals surface area contributed by atoms with Crippen LogP contribution < -0.4 is 26.6 Å². The zero-order valence-electron chi connectivity index (χ0n) is 69.5. The molecular formula is C98H89N19O10. The van der Waals surface area contributed by atoms with E-state index in [9.17, 15) is 39.6 Å². The van der Waals surface area contributed by atoms with E-state index in [1.165, 1.54) is 0 Å². The number of carbonyl (C=O) groups is 4. The molecule has 0 radical (unpaired) electrons. The van der Waals surface area contributed by atoms with Crippen LogP contribution in [-0.4, -0.2) is 186 Å². The maximum atomic E-state index is 11.5. The molecule has 29 heteroatoms. The lowest BCUT2D eigenvalue weighted by molar-refractivity contribution is 0.0372. The molecule has 8 aromatic heterocycles. The highest BCUT2D eigenvalue weighted by Gasteiger charge is 2.25. The average Bonchev–Trinajstić information content (AvgIpc) is 1.06. The van der Waals surface area contributed by atoms with Gasteiger partial charge in [0.2, 0.25) is 5.95 Å². The van der Waals surface area contributed by atoms with Crippen molar-refractivity contribution in [3.63, 3.8) is 0 Å². The van der Waals surface area contributed by atoms with Gasteiger partial charge in [-0.25, -0.2) is 79.0 Å². The van der Waals surface area contributed by atoms with Crippen molar-refractivity contribution in [2.45, 2.75) is 77.2 Å². The van der Waals surface area contributed by atoms with Gasteiger partial charge in [0.15, 0.2) is 23.3 Å². The molecule has 0 atom stereocenters. The summed E-state index contributed by atoms with van der Waals surface area (Å²) in [6.45, 7) is 11.4. The topological polar surface area (TPSA) is 389 Å². The van der Waals surface area contributed by atoms with Crippen LogP contribution in [0.3, 0.4) is 0 Å². The van der Waals surface area contributed by atoms with Crippen molar-refractivity contribution < 1.29 is 49.1 Å². The van der Waals surface area contributed by atoms with E-state index < -0.39 is 23.9 Å². The number of ether oxygens (including phenoxy) is 2. The highest BCUT2D eigenvalue weighted by molar-refractivity contribution is 6.14. The third kappa shape index (κ3) is 21.1. The highest BCUT2D eigenvalue weighted by atomic mass is 16.5. The van der Waals surface area contributed by atoms with Gasteiger partial charge in [-0.3, -0.25) is 9.80 Å². The second-order valence-electron chi connectivity index (χ2n) is 30.8. The third-order valence-electron chi connectivity index (χ3n) is 21.8. The summed E-state index contributed by atoms with van der Waals surface area (Å²) >= 11 is 0. The molecule has 0 amide bonds. The zero-order chi connectivity index (χ0) is 87.7. The van der Waals surface area contributed by atoms with E-state index in [2.05, 4.69) is 80.1 Å². The van der Waals surface area contributed by atoms with E-state index in [1.807, 2.05) is 122 Å². The molecule has 1 saturated carbocycles. The molecule has 3 fully saturated rings. The van der Waals surface area contributed by atoms with Crippen LogP contribution in [0.5, 0.6) is 0 Å². The number of aromatic carboxylic acids is 4. The number of morpholine rings is 2. The van der Waals surface area contributed by atoms with Crippen LogP contribution in [0.4, 0.5) is 52.0 Å². The number of aryl methyl sites for hydroxylation is 3. The molecule has 8 aromatic carbocycles. The quantitative estimate of drug-likeness (QED) is 0.0138. The summed E-state index contributed by atoms with van der Waals surface area (Å²) < 4.78 is 10.8. The Morgan fingerprint density at radius 3 is 1.08 bits per heavy atom. The lowest BCUT2D eigenvalue weighted by atomic mass is 10.1. The van der Waals surface area contributed by atoms with Gasteiger partial charge in [0.25, 0.3) is 0 Å². The van der Waals surface area contributed by atoms with Crippen LogP contribution >= 0.6 is 0 Å². The largest absolute Gasteiger partial charge is 0.478 e. The molecule has 2 saturated heterocycles. The number of para-hydroxylation sites is 2. The first-order valence-corrected chi connectivity index (χ1v) is 42.0. The number of rotatable bonds is 26. The second-order valence-corrected chi connectivity index (χ2v) is 30.8. The number of benzene rings is 8. The number of pyridine rings is 4. The number of unbranched alkanes of at least 4 members (excludes halogenated alkanes) is 2. The molecule has 1 aliphatic carbocycles. The molecule has 0 unspecified atom stereocenters. The smallest absolute Gasteiger partial charge is 0.335 e. The van der Waals surface area contributed by atoms with Crippen molar-refractivity contribution in [3.8, 4) is 24.7 Å². The maximum Gasteiger partial charge on any atom is 0.335 e. The molecular weight excluding hydrogens is 1600 g/mol. The molecule has 29 nitrogen and oxygen atoms in total. The summed E-state index contributed by atoms with van der Waals surface area (Å²) in [7, 11) is 0. The number of aromatic nitrogens is 12. The lowest BCUT2D eigenvalue weighted by Crippen LogP contribution is -2.37. The van der Waals surface area contributed by atoms with Crippen molar-refractivity contribution in [1.29, 1.82) is 0 Å². The molecule has 2 aliphatic heterocycles. The Morgan fingerprint density at radius 2 is 0.717 bits per heavy atom. The van der Waals surface area contributed by atoms with E-state index in [1.54, 1.807) is 85.2 Å². The minimum Gasteiger partial charge on any atom is -0.478 e. The second kappa shape index (κ2) is 39.8. The van der Waals surface area contributed by atoms with Gasteiger partial charge in [-0.1, -0.05) is 98.0 Å². The predicted molar refractivity (Wildman–Crippen MR) is 493 cm³/mol. The average molecular weight is 1690 g/mol. The molecule has 0 bridgehead atoms. The monoisotopic (exact) mass is 1690 g/mol. The molecule has 16 aromatic rings. The SMILES string of the molecule is C#Cc1cccc(Nc2nc3cc(C(=O)O)ccc3c3cnc(CCCC)nc23)c1.C#Cc1cccc(Nc2nc3cc(C(=O)O)ccc3c3cnc(NC4CC4)nc23)c1.O=C(O)c1ccc2c(c1)nc(Nc1ccccc1)c1nc(CCCCN3CCOCC3)ncc12.O=C(O)c1ccc2c(c1)nc(Nc1ccccc1)c1nc(CCCN3CCOCC3)ncc12. The number of hydrogen-bond donors (Lipinski definition) is 9. The van der Waals surface area contributed by atoms with E-state index in [0.717, 1.165) is 235 Å². The van der Waals surface area contributed by atoms with Crippen molar-refractivity contribution in [2.75, 3.05) is 92.3 Å². The molecule has 636 valence electrons. The Kier molecular flexibility index (Phi) is 26.7. The fraction of sp³-hybridized carbons (Fsp3) is 0.224. The Bertz CT molecular complexity index is 6900. The Labute approximate surface area is 729 Å². The molecule has 19 rings (SSSR count). The number of fused-ring (bicyclic) bond motifs is 12. The van der Waals surface area contributed by atoms with Gasteiger partial charge < -0.3 is 56.5 Å². The van der Waals surface area contributed by atoms with Crippen molar-refractivity contribution in [3.05, 3.63) is 258 Å². The number of nitrogens with one attached hydrogen (secondary N) is 5. The van der Waals surface area contributed by atoms with Gasteiger partial charge in [-0.05, 0) is 161 Å². The van der Waals surface area contributed by atoms with Crippen LogP contribution in [0.2, 0.25) is 0 Å². The fourth-order valence-corrected chi connectivity index (χ4v) is 15.0. The minimum absolute atomic E-state index is 0.169. The van der Waals surface area contributed by atoms with E-state index >= 15 is 0 Å². The standard InChI is InChI=1S/C26H27N5O3.C25H25N5O3.C24H20N4O2.C23H17N5O2/c32-26(33)18-9-10-20-21-17-27-23(8-4-5-11-31-12-14-34-15-13-31)30-24(21)25(29-22(20)16-18)28-19-6-2-1-3-7-19;31-25(32)17-8-9-19-20-16-26-22(7-4-10-30-11-13-33-14-12-30)29-23(20)24(28-21(19)15-17)27-18-5-2-1-3-6-18;1-3-5-9-21-25-14-19-18-11-10-16(24(29)30)13-20(18)27-23(22(19)28-21)26-17-8-6-7-15(4-2)12-17;1-2-13-4-3-5-16(10-13)25-21-20-18(12-24-23(28-20)26-15-7-8-15)17-9-6-14(22(29)30)11-19(17)27-21/h1-3,6-7,9-10,16-17H,4-5,8,11-15H2,(H,28,29)(H,32,33);1-3,5-6,8-9,15-16H,4,7,10-14H2,(H,27,28)(H,31,32);2,6-8,10-14H,3,5,9H2,1H3,(H,26,27)(H,29,30);1,3-6,9-12,15H,7-8H2,(H,25,27)(H,29,30)(H,24,26,28). The number of carboxylic acids is 4. The van der Waals surface area contributed by atoms with Gasteiger partial charge in [-0.15, -0.1) is 12.8 Å². The van der Waals surface area contributed by atoms with Crippen molar-refractivity contribution >= 4 is 163 Å². The number of hydrogen-bond acceptors (Lipinski definition) is 25. The van der Waals surface area contributed by atoms with Crippen LogP contribution in [0.15, 0.2) is 207 Å². The van der Waals surface area contributed by atoms with Crippen molar-refractivity contribution in [2.24, 2.45) is 0 Å². The number of nitrogens with zero attached hydrogens (tertiary/aromatic N) is 14. The van der Waals surface area contributed by atoms with Gasteiger partial charge in [-0.2, -0.15) is 0 Å². The zero-order valence-corrected chi connectivity index (χ0v) is 69.5. The Hall–Kier alpha value is -15.4. The van der Waals surface area contributed by atoms with E-state index in [0.29, 0.717) is 68.4 Å². The number of anilines is 9. The molecule has 127 heavy (non-hydrogen) atoms. The first-order chi connectivity index (χ1) is 62.0. The van der Waals surface area contributed by atoms with Gasteiger partial charge in [0.1, 0.15) is 39.5 Å². The molecule has 3 aliphatic rings. The number of terminal acetylenes is 2. The molecule has 9 N–H and O–H groups in total. The Balaban J connectivity index is 0.000000125. The maximum absolute atomic E-state index is 11.5. The first kappa shape index (κ1) is 85.2. The van der Waals surface area contributed by atoms with E-state index in [-0.39, 0.29) is 22.3 Å². The summed E-state index contributed by atoms with van der Waals surface area (Å²) in [5.41, 5.74) is 10.6. The summed E-state index contributed by atoms with van der Waals surface area (Å²) in [4.78, 5) is 107. The third-order valence-corrected chi connectivity index (χ3v) is 21.8. The van der Waals surface area contributed by atoms with Crippen LogP contribution in [-0.2, 0) is 28.7 Å². The van der Waals surface area contributed by atoms with Crippen LogP contribution in [0.1, 0.15) is 122 Å². The normalized spacial score (nSPS) is 13.3. The van der Waals surface area contributed by atoms with Crippen molar-refractivity contribution in [1.82, 2.24) is 69.6 Å². The van der Waals surface area contributed by atoms with Gasteiger partial charge in [0.05, 0.1) is 70.7 Å². The van der Waals surface area contributed by atoms with E-state index in [4.69, 9.17) is 57.2 Å². The molecule has 0 spiro atoms. The van der Waals surface area contributed by atoms with Crippen LogP contribution in [0, 0.1) is 24.7 Å².